The molecule has 0 atom stereocenters. The van der Waals surface area contributed by atoms with E-state index < -0.39 is 0 Å². The Kier molecular flexibility index (Phi) is 3.01. The first-order valence-corrected chi connectivity index (χ1v) is 7.87. The molecule has 0 saturated heterocycles. The Morgan fingerprint density at radius 1 is 1.05 bits per heavy atom. The monoisotopic (exact) mass is 306 g/mol. The summed E-state index contributed by atoms with van der Waals surface area (Å²) in [5.41, 5.74) is 3.03. The second-order valence-corrected chi connectivity index (χ2v) is 6.33. The van der Waals surface area contributed by atoms with Crippen LogP contribution in [-0.2, 0) is 0 Å². The highest BCUT2D eigenvalue weighted by Crippen LogP contribution is 2.34. The van der Waals surface area contributed by atoms with Crippen LogP contribution in [0.1, 0.15) is 11.4 Å². The van der Waals surface area contributed by atoms with Crippen molar-refractivity contribution < 1.29 is 0 Å². The van der Waals surface area contributed by atoms with E-state index in [9.17, 15) is 0 Å². The Labute approximate surface area is 132 Å². The van der Waals surface area contributed by atoms with Gasteiger partial charge in [-0.2, -0.15) is 5.10 Å². The van der Waals surface area contributed by atoms with Crippen molar-refractivity contribution in [1.82, 2.24) is 19.7 Å². The van der Waals surface area contributed by atoms with Crippen LogP contribution in [0.15, 0.2) is 48.8 Å². The fourth-order valence-electron chi connectivity index (χ4n) is 2.51. The zero-order valence-electron chi connectivity index (χ0n) is 12.3. The van der Waals surface area contributed by atoms with Gasteiger partial charge in [0, 0.05) is 28.2 Å². The standard InChI is InChI=1S/C17H14N4S/c1-11-4-3-5-17(19-11)21-14(8-12(2)20-21)16-9-13-10-18-7-6-15(13)22-16/h3-10H,1-2H3. The van der Waals surface area contributed by atoms with Gasteiger partial charge in [0.15, 0.2) is 5.82 Å². The number of hydrogen-bond donors (Lipinski definition) is 0. The van der Waals surface area contributed by atoms with Gasteiger partial charge >= 0.3 is 0 Å². The molecule has 0 aromatic carbocycles. The average Bonchev–Trinajstić information content (AvgIpc) is 3.10. The molecule has 0 aliphatic heterocycles. The maximum Gasteiger partial charge on any atom is 0.154 e. The molecule has 108 valence electrons. The van der Waals surface area contributed by atoms with Crippen LogP contribution >= 0.6 is 11.3 Å². The van der Waals surface area contributed by atoms with Gasteiger partial charge in [0.2, 0.25) is 0 Å². The minimum absolute atomic E-state index is 0.846. The Hall–Kier alpha value is -2.53. The number of aromatic nitrogens is 4. The predicted molar refractivity (Wildman–Crippen MR) is 89.4 cm³/mol. The second-order valence-electron chi connectivity index (χ2n) is 5.24. The maximum absolute atomic E-state index is 4.61. The summed E-state index contributed by atoms with van der Waals surface area (Å²) in [5, 5.41) is 5.77. The molecule has 4 heterocycles. The minimum Gasteiger partial charge on any atom is -0.264 e. The Balaban J connectivity index is 1.92. The summed E-state index contributed by atoms with van der Waals surface area (Å²) in [4.78, 5) is 9.95. The number of aryl methyl sites for hydroxylation is 2. The summed E-state index contributed by atoms with van der Waals surface area (Å²) in [6.45, 7) is 4.00. The highest BCUT2D eigenvalue weighted by molar-refractivity contribution is 7.22. The van der Waals surface area contributed by atoms with Crippen LogP contribution in [0.2, 0.25) is 0 Å². The van der Waals surface area contributed by atoms with Gasteiger partial charge in [-0.3, -0.25) is 4.98 Å². The zero-order valence-corrected chi connectivity index (χ0v) is 13.1. The molecule has 0 amide bonds. The van der Waals surface area contributed by atoms with Gasteiger partial charge in [-0.05, 0) is 44.2 Å². The third-order valence-electron chi connectivity index (χ3n) is 3.49. The molecule has 0 saturated carbocycles. The smallest absolute Gasteiger partial charge is 0.154 e. The SMILES string of the molecule is Cc1cccc(-n2nc(C)cc2-c2cc3cnccc3s2)n1. The van der Waals surface area contributed by atoms with Gasteiger partial charge in [-0.15, -0.1) is 11.3 Å². The summed E-state index contributed by atoms with van der Waals surface area (Å²) in [6, 6.07) is 12.3. The van der Waals surface area contributed by atoms with Crippen molar-refractivity contribution in [1.29, 1.82) is 0 Å². The van der Waals surface area contributed by atoms with Crippen LogP contribution in [0.4, 0.5) is 0 Å². The number of rotatable bonds is 2. The van der Waals surface area contributed by atoms with Crippen LogP contribution in [-0.4, -0.2) is 19.7 Å². The first-order valence-electron chi connectivity index (χ1n) is 7.05. The fourth-order valence-corrected chi connectivity index (χ4v) is 3.54. The molecular weight excluding hydrogens is 292 g/mol. The van der Waals surface area contributed by atoms with E-state index in [1.165, 1.54) is 9.58 Å². The topological polar surface area (TPSA) is 43.6 Å². The Bertz CT molecular complexity index is 935. The number of nitrogens with zero attached hydrogens (tertiary/aromatic N) is 4. The molecular formula is C17H14N4S. The molecule has 0 aliphatic carbocycles. The molecule has 0 N–H and O–H groups in total. The van der Waals surface area contributed by atoms with E-state index in [0.29, 0.717) is 0 Å². The van der Waals surface area contributed by atoms with E-state index in [2.05, 4.69) is 27.2 Å². The molecule has 22 heavy (non-hydrogen) atoms. The van der Waals surface area contributed by atoms with E-state index >= 15 is 0 Å². The lowest BCUT2D eigenvalue weighted by Crippen LogP contribution is -2.02. The number of pyridine rings is 2. The summed E-state index contributed by atoms with van der Waals surface area (Å²) < 4.78 is 3.15. The number of thiophene rings is 1. The number of hydrogen-bond acceptors (Lipinski definition) is 4. The summed E-state index contributed by atoms with van der Waals surface area (Å²) in [7, 11) is 0. The summed E-state index contributed by atoms with van der Waals surface area (Å²) in [6.07, 6.45) is 3.72. The van der Waals surface area contributed by atoms with Crippen molar-refractivity contribution in [2.45, 2.75) is 13.8 Å². The van der Waals surface area contributed by atoms with E-state index in [1.807, 2.05) is 55.2 Å². The van der Waals surface area contributed by atoms with Crippen molar-refractivity contribution >= 4 is 21.4 Å². The third-order valence-corrected chi connectivity index (χ3v) is 4.63. The molecule has 0 bridgehead atoms. The van der Waals surface area contributed by atoms with Crippen LogP contribution in [0.25, 0.3) is 26.5 Å². The second kappa shape index (κ2) is 5.03. The molecule has 0 aliphatic rings. The molecule has 0 unspecified atom stereocenters. The Morgan fingerprint density at radius 2 is 1.95 bits per heavy atom. The van der Waals surface area contributed by atoms with Crippen molar-refractivity contribution in [3.63, 3.8) is 0 Å². The summed E-state index contributed by atoms with van der Waals surface area (Å²) in [5.74, 6) is 0.846. The van der Waals surface area contributed by atoms with Crippen molar-refractivity contribution in [2.24, 2.45) is 0 Å². The van der Waals surface area contributed by atoms with E-state index in [-0.39, 0.29) is 0 Å². The van der Waals surface area contributed by atoms with Gasteiger partial charge in [-0.25, -0.2) is 9.67 Å². The average molecular weight is 306 g/mol. The first kappa shape index (κ1) is 13.2. The Morgan fingerprint density at radius 3 is 2.77 bits per heavy atom. The molecule has 5 heteroatoms. The van der Waals surface area contributed by atoms with E-state index in [1.54, 1.807) is 11.3 Å². The maximum atomic E-state index is 4.61. The molecule has 4 rings (SSSR count). The molecule has 4 aromatic heterocycles. The third kappa shape index (κ3) is 2.19. The summed E-state index contributed by atoms with van der Waals surface area (Å²) >= 11 is 1.75. The van der Waals surface area contributed by atoms with Crippen LogP contribution in [0.5, 0.6) is 0 Å². The molecule has 4 nitrogen and oxygen atoms in total. The van der Waals surface area contributed by atoms with Gasteiger partial charge in [-0.1, -0.05) is 6.07 Å². The lowest BCUT2D eigenvalue weighted by atomic mass is 10.2. The normalized spacial score (nSPS) is 11.2. The number of fused-ring (bicyclic) bond motifs is 1. The quantitative estimate of drug-likeness (QED) is 0.558. The highest BCUT2D eigenvalue weighted by atomic mass is 32.1. The van der Waals surface area contributed by atoms with Crippen LogP contribution in [0, 0.1) is 13.8 Å². The van der Waals surface area contributed by atoms with Crippen molar-refractivity contribution in [3.05, 3.63) is 60.2 Å². The molecule has 0 spiro atoms. The fraction of sp³-hybridized carbons (Fsp3) is 0.118. The van der Waals surface area contributed by atoms with E-state index in [0.717, 1.165) is 28.3 Å². The van der Waals surface area contributed by atoms with Crippen molar-refractivity contribution in [2.75, 3.05) is 0 Å². The van der Waals surface area contributed by atoms with Crippen LogP contribution in [0.3, 0.4) is 0 Å². The van der Waals surface area contributed by atoms with Gasteiger partial charge in [0.05, 0.1) is 16.3 Å². The van der Waals surface area contributed by atoms with E-state index in [4.69, 9.17) is 0 Å². The minimum atomic E-state index is 0.846. The van der Waals surface area contributed by atoms with Gasteiger partial charge < -0.3 is 0 Å². The predicted octanol–water partition coefficient (Wildman–Crippen LogP) is 4.16. The van der Waals surface area contributed by atoms with Gasteiger partial charge in [0.25, 0.3) is 0 Å². The van der Waals surface area contributed by atoms with Gasteiger partial charge in [0.1, 0.15) is 0 Å². The first-order chi connectivity index (χ1) is 10.7. The molecule has 4 aromatic rings. The largest absolute Gasteiger partial charge is 0.264 e. The highest BCUT2D eigenvalue weighted by Gasteiger charge is 2.13. The zero-order chi connectivity index (χ0) is 15.1. The van der Waals surface area contributed by atoms with Crippen molar-refractivity contribution in [3.8, 4) is 16.4 Å². The molecule has 0 radical (unpaired) electrons. The lowest BCUT2D eigenvalue weighted by Gasteiger charge is -2.05. The lowest BCUT2D eigenvalue weighted by molar-refractivity contribution is 0.835. The van der Waals surface area contributed by atoms with Crippen LogP contribution < -0.4 is 0 Å². The molecule has 0 fully saturated rings.